The van der Waals surface area contributed by atoms with Crippen LogP contribution in [-0.4, -0.2) is 79.2 Å². The molecule has 2 aliphatic rings. The Morgan fingerprint density at radius 2 is 1.84 bits per heavy atom. The third-order valence-corrected chi connectivity index (χ3v) is 8.75. The second-order valence-corrected chi connectivity index (χ2v) is 11.7. The number of amides is 2. The molecule has 43 heavy (non-hydrogen) atoms. The van der Waals surface area contributed by atoms with Crippen LogP contribution in [0, 0.1) is 3.70 Å². The molecule has 1 saturated heterocycles. The molecule has 5 rings (SSSR count). The zero-order valence-corrected chi connectivity index (χ0v) is 24.6. The van der Waals surface area contributed by atoms with Gasteiger partial charge in [0, 0.05) is 25.0 Å². The van der Waals surface area contributed by atoms with E-state index in [0.717, 1.165) is 22.7 Å². The van der Waals surface area contributed by atoms with Crippen LogP contribution in [0.25, 0.3) is 17.0 Å². The summed E-state index contributed by atoms with van der Waals surface area (Å²) in [4.78, 5) is 31.3. The number of nitrogens with zero attached hydrogens (tertiary/aromatic N) is 5. The van der Waals surface area contributed by atoms with E-state index in [1.54, 1.807) is 29.2 Å². The minimum absolute atomic E-state index is 0.0961. The summed E-state index contributed by atoms with van der Waals surface area (Å²) in [6.07, 6.45) is -9.50. The monoisotopic (exact) mass is 739 g/mol. The summed E-state index contributed by atoms with van der Waals surface area (Å²) in [6.45, 7) is -0.243. The Hall–Kier alpha value is -3.32. The topological polar surface area (TPSA) is 111 Å². The second kappa shape index (κ2) is 11.6. The lowest BCUT2D eigenvalue weighted by atomic mass is 10.0. The van der Waals surface area contributed by atoms with Gasteiger partial charge in [0.25, 0.3) is 5.91 Å². The SMILES string of the molecule is O=C1N=C(N2CCN(C(=O)O)[C@@H](CO)C2)S/C1=C/c1ccc2c(c1)c(I)nn2Cc1ccc(C(F)(F)F)cc1C(F)(F)F. The highest BCUT2D eigenvalue weighted by Gasteiger charge is 2.38. The maximum absolute atomic E-state index is 13.7. The first-order chi connectivity index (χ1) is 20.2. The summed E-state index contributed by atoms with van der Waals surface area (Å²) in [5.74, 6) is -0.506. The zero-order valence-electron chi connectivity index (χ0n) is 21.7. The van der Waals surface area contributed by atoms with E-state index in [2.05, 4.69) is 10.1 Å². The van der Waals surface area contributed by atoms with Crippen LogP contribution in [-0.2, 0) is 23.7 Å². The smallest absolute Gasteiger partial charge is 0.416 e. The quantitative estimate of drug-likeness (QED) is 0.211. The number of rotatable bonds is 4. The third-order valence-electron chi connectivity index (χ3n) is 6.91. The van der Waals surface area contributed by atoms with Crippen LogP contribution in [0.2, 0.25) is 0 Å². The highest BCUT2D eigenvalue weighted by atomic mass is 127. The lowest BCUT2D eigenvalue weighted by Gasteiger charge is -2.39. The van der Waals surface area contributed by atoms with Crippen molar-refractivity contribution in [2.75, 3.05) is 26.2 Å². The van der Waals surface area contributed by atoms with E-state index >= 15 is 0 Å². The summed E-state index contributed by atoms with van der Waals surface area (Å²) in [6, 6.07) is 5.73. The molecule has 0 radical (unpaired) electrons. The highest BCUT2D eigenvalue weighted by Crippen LogP contribution is 2.38. The molecule has 2 aromatic carbocycles. The van der Waals surface area contributed by atoms with Gasteiger partial charge in [-0.1, -0.05) is 12.1 Å². The number of aliphatic hydroxyl groups is 1. The number of hydrogen-bond acceptors (Lipinski definition) is 6. The molecule has 0 bridgehead atoms. The molecule has 17 heteroatoms. The minimum Gasteiger partial charge on any atom is -0.465 e. The molecule has 3 aromatic rings. The van der Waals surface area contributed by atoms with Crippen molar-refractivity contribution in [2.45, 2.75) is 24.9 Å². The predicted molar refractivity (Wildman–Crippen MR) is 153 cm³/mol. The van der Waals surface area contributed by atoms with Gasteiger partial charge < -0.3 is 15.1 Å². The Morgan fingerprint density at radius 3 is 2.49 bits per heavy atom. The summed E-state index contributed by atoms with van der Waals surface area (Å²) in [7, 11) is 0. The molecular weight excluding hydrogens is 719 g/mol. The first kappa shape index (κ1) is 31.1. The molecule has 0 saturated carbocycles. The molecule has 0 unspecified atom stereocenters. The average Bonchev–Trinajstić information content (AvgIpc) is 3.45. The number of thioether (sulfide) groups is 1. The van der Waals surface area contributed by atoms with Crippen LogP contribution in [0.1, 0.15) is 22.3 Å². The van der Waals surface area contributed by atoms with Crippen LogP contribution in [0.3, 0.4) is 0 Å². The van der Waals surface area contributed by atoms with Crippen molar-refractivity contribution in [3.8, 4) is 0 Å². The Kier molecular flexibility index (Phi) is 8.42. The summed E-state index contributed by atoms with van der Waals surface area (Å²) in [5, 5.41) is 24.1. The van der Waals surface area contributed by atoms with E-state index in [9.17, 15) is 46.1 Å². The van der Waals surface area contributed by atoms with Gasteiger partial charge in [0.1, 0.15) is 3.70 Å². The number of aliphatic hydroxyl groups excluding tert-OH is 1. The molecule has 2 N–H and O–H groups in total. The predicted octanol–water partition coefficient (Wildman–Crippen LogP) is 5.35. The number of carbonyl (C=O) groups is 2. The first-order valence-corrected chi connectivity index (χ1v) is 14.4. The number of fused-ring (bicyclic) bond motifs is 1. The van der Waals surface area contributed by atoms with Gasteiger partial charge in [-0.3, -0.25) is 14.4 Å². The van der Waals surface area contributed by atoms with Crippen LogP contribution >= 0.6 is 34.4 Å². The number of benzene rings is 2. The molecule has 228 valence electrons. The number of piperazine rings is 1. The second-order valence-electron chi connectivity index (χ2n) is 9.66. The minimum atomic E-state index is -5.01. The Balaban J connectivity index is 1.37. The summed E-state index contributed by atoms with van der Waals surface area (Å²) >= 11 is 3.00. The largest absolute Gasteiger partial charge is 0.465 e. The Morgan fingerprint density at radius 1 is 1.09 bits per heavy atom. The van der Waals surface area contributed by atoms with Crippen LogP contribution in [0.15, 0.2) is 46.3 Å². The van der Waals surface area contributed by atoms with E-state index in [1.165, 1.54) is 4.68 Å². The van der Waals surface area contributed by atoms with Gasteiger partial charge in [0.05, 0.1) is 40.7 Å². The van der Waals surface area contributed by atoms with Crippen molar-refractivity contribution in [1.82, 2.24) is 19.6 Å². The van der Waals surface area contributed by atoms with Gasteiger partial charge >= 0.3 is 18.4 Å². The molecule has 2 amide bonds. The van der Waals surface area contributed by atoms with Gasteiger partial charge in [-0.25, -0.2) is 4.79 Å². The maximum atomic E-state index is 13.7. The number of aliphatic imine (C=N–C) groups is 1. The molecule has 1 aromatic heterocycles. The fourth-order valence-electron chi connectivity index (χ4n) is 4.81. The lowest BCUT2D eigenvalue weighted by molar-refractivity contribution is -0.143. The molecule has 0 aliphatic carbocycles. The fourth-order valence-corrected chi connectivity index (χ4v) is 6.45. The molecular formula is C26H20F6IN5O4S. The molecule has 9 nitrogen and oxygen atoms in total. The summed E-state index contributed by atoms with van der Waals surface area (Å²) in [5.41, 5.74) is -2.16. The van der Waals surface area contributed by atoms with Gasteiger partial charge in [-0.2, -0.15) is 36.4 Å². The number of amidine groups is 1. The number of carboxylic acid groups (broad SMARTS) is 1. The van der Waals surface area contributed by atoms with Gasteiger partial charge in [-0.15, -0.1) is 0 Å². The van der Waals surface area contributed by atoms with Crippen molar-refractivity contribution in [1.29, 1.82) is 0 Å². The number of alkyl halides is 6. The third kappa shape index (κ3) is 6.47. The van der Waals surface area contributed by atoms with Crippen molar-refractivity contribution in [3.63, 3.8) is 0 Å². The van der Waals surface area contributed by atoms with Gasteiger partial charge in [-0.05, 0) is 75.8 Å². The normalized spacial score (nSPS) is 19.1. The standard InChI is InChI=1S/C26H20F6IN5O4S/c27-25(28,29)15-3-2-14(18(9-15)26(30,31)32)10-38-19-4-1-13(7-17(19)21(33)35-38)8-20-22(40)34-23(43-20)36-5-6-37(24(41)42)16(11-36)12-39/h1-4,7-9,16,39H,5-6,10-12H2,(H,41,42)/b20-8+/t16-/m1/s1. The molecule has 3 heterocycles. The average molecular weight is 739 g/mol. The zero-order chi connectivity index (χ0) is 31.3. The van der Waals surface area contributed by atoms with E-state index in [0.29, 0.717) is 31.4 Å². The number of aromatic nitrogens is 2. The van der Waals surface area contributed by atoms with Gasteiger partial charge in [0.2, 0.25) is 0 Å². The number of carbonyl (C=O) groups excluding carboxylic acids is 1. The molecule has 2 aliphatic heterocycles. The van der Waals surface area contributed by atoms with E-state index in [1.807, 2.05) is 22.6 Å². The molecule has 0 spiro atoms. The van der Waals surface area contributed by atoms with Crippen molar-refractivity contribution in [2.24, 2.45) is 4.99 Å². The summed E-state index contributed by atoms with van der Waals surface area (Å²) < 4.78 is 81.9. The number of halogens is 7. The Labute approximate surface area is 257 Å². The lowest BCUT2D eigenvalue weighted by Crippen LogP contribution is -2.57. The Bertz CT molecular complexity index is 1670. The number of hydrogen-bond donors (Lipinski definition) is 2. The van der Waals surface area contributed by atoms with Crippen LogP contribution < -0.4 is 0 Å². The van der Waals surface area contributed by atoms with Crippen LogP contribution in [0.4, 0.5) is 31.1 Å². The maximum Gasteiger partial charge on any atom is 0.416 e. The van der Waals surface area contributed by atoms with Crippen molar-refractivity contribution >= 4 is 68.5 Å². The van der Waals surface area contributed by atoms with Crippen molar-refractivity contribution in [3.05, 3.63) is 67.3 Å². The highest BCUT2D eigenvalue weighted by molar-refractivity contribution is 14.1. The van der Waals surface area contributed by atoms with E-state index < -0.39 is 48.1 Å². The van der Waals surface area contributed by atoms with Gasteiger partial charge in [0.15, 0.2) is 5.17 Å². The van der Waals surface area contributed by atoms with Crippen molar-refractivity contribution < 1.29 is 46.1 Å². The first-order valence-electron chi connectivity index (χ1n) is 12.5. The van der Waals surface area contributed by atoms with Crippen LogP contribution in [0.5, 0.6) is 0 Å². The van der Waals surface area contributed by atoms with E-state index in [-0.39, 0.29) is 42.8 Å². The fraction of sp³-hybridized carbons (Fsp3) is 0.308. The molecule has 1 fully saturated rings. The molecule has 1 atom stereocenters. The van der Waals surface area contributed by atoms with E-state index in [4.69, 9.17) is 0 Å².